The van der Waals surface area contributed by atoms with Gasteiger partial charge in [0.05, 0.1) is 15.8 Å². The van der Waals surface area contributed by atoms with E-state index in [1.54, 1.807) is 11.3 Å². The third-order valence-electron chi connectivity index (χ3n) is 5.14. The van der Waals surface area contributed by atoms with E-state index in [1.807, 2.05) is 24.3 Å². The molecule has 4 aromatic rings. The van der Waals surface area contributed by atoms with E-state index in [2.05, 4.69) is 65.9 Å². The molecule has 0 bridgehead atoms. The van der Waals surface area contributed by atoms with Crippen LogP contribution in [0.3, 0.4) is 0 Å². The van der Waals surface area contributed by atoms with E-state index in [0.29, 0.717) is 11.2 Å². The Morgan fingerprint density at radius 3 is 2.57 bits per heavy atom. The van der Waals surface area contributed by atoms with Crippen molar-refractivity contribution in [2.24, 2.45) is 0 Å². The molecule has 0 saturated carbocycles. The van der Waals surface area contributed by atoms with Crippen molar-refractivity contribution < 1.29 is 5.32 Å². The van der Waals surface area contributed by atoms with Gasteiger partial charge in [0.25, 0.3) is 5.56 Å². The first-order chi connectivity index (χ1) is 13.7. The summed E-state index contributed by atoms with van der Waals surface area (Å²) in [5, 5.41) is 5.01. The fraction of sp³-hybridized carbons (Fsp3) is 0.217. The number of thiophene rings is 1. The molecule has 2 aromatic heterocycles. The summed E-state index contributed by atoms with van der Waals surface area (Å²) in [6, 6.07) is 20.7. The first-order valence-corrected chi connectivity index (χ1v) is 10.5. The Hall–Kier alpha value is -2.76. The molecule has 0 unspecified atom stereocenters. The third kappa shape index (κ3) is 3.77. The molecule has 0 saturated heterocycles. The maximum absolute atomic E-state index is 12.5. The number of aryl methyl sites for hydroxylation is 1. The fourth-order valence-electron chi connectivity index (χ4n) is 3.50. The zero-order valence-corrected chi connectivity index (χ0v) is 16.9. The number of para-hydroxylation sites is 1. The highest BCUT2D eigenvalue weighted by atomic mass is 32.1. The molecule has 0 spiro atoms. The minimum absolute atomic E-state index is 0.00950. The van der Waals surface area contributed by atoms with Gasteiger partial charge in [-0.05, 0) is 42.5 Å². The zero-order valence-electron chi connectivity index (χ0n) is 16.1. The lowest BCUT2D eigenvalue weighted by Gasteiger charge is -2.19. The maximum atomic E-state index is 12.5. The van der Waals surface area contributed by atoms with Gasteiger partial charge in [-0.3, -0.25) is 4.79 Å². The molecule has 4 rings (SSSR count). The number of nitrogens with zero attached hydrogens (tertiary/aromatic N) is 1. The highest BCUT2D eigenvalue weighted by Gasteiger charge is 2.24. The van der Waals surface area contributed by atoms with Crippen LogP contribution in [0.15, 0.2) is 70.8 Å². The molecule has 3 N–H and O–H groups in total. The van der Waals surface area contributed by atoms with Crippen molar-refractivity contribution in [3.05, 3.63) is 98.2 Å². The second kappa shape index (κ2) is 8.09. The van der Waals surface area contributed by atoms with Crippen LogP contribution in [0.4, 0.5) is 0 Å². The van der Waals surface area contributed by atoms with Gasteiger partial charge in [-0.15, -0.1) is 11.3 Å². The first-order valence-electron chi connectivity index (χ1n) is 9.62. The van der Waals surface area contributed by atoms with E-state index in [0.717, 1.165) is 11.9 Å². The summed E-state index contributed by atoms with van der Waals surface area (Å²) in [6.45, 7) is 4.26. The molecule has 0 fully saturated rings. The summed E-state index contributed by atoms with van der Waals surface area (Å²) in [6.07, 6.45) is 1.03. The number of fused-ring (bicyclic) bond motifs is 1. The van der Waals surface area contributed by atoms with E-state index < -0.39 is 0 Å². The van der Waals surface area contributed by atoms with Gasteiger partial charge in [0.2, 0.25) is 0 Å². The summed E-state index contributed by atoms with van der Waals surface area (Å²) in [5.74, 6) is 0.704. The van der Waals surface area contributed by atoms with Crippen LogP contribution < -0.4 is 10.9 Å². The Kier molecular flexibility index (Phi) is 5.37. The summed E-state index contributed by atoms with van der Waals surface area (Å²) in [7, 11) is 0. The van der Waals surface area contributed by atoms with Crippen LogP contribution in [0.5, 0.6) is 0 Å². The van der Waals surface area contributed by atoms with Crippen LogP contribution in [0, 0.1) is 0 Å². The van der Waals surface area contributed by atoms with Gasteiger partial charge < -0.3 is 10.3 Å². The van der Waals surface area contributed by atoms with E-state index in [-0.39, 0.29) is 17.6 Å². The number of nitrogens with two attached hydrogens (primary N) is 1. The molecular formula is C23H24N3OS+. The normalized spacial score (nSPS) is 13.5. The van der Waals surface area contributed by atoms with Crippen LogP contribution in [-0.4, -0.2) is 9.97 Å². The van der Waals surface area contributed by atoms with Crippen LogP contribution in [0.25, 0.3) is 10.9 Å². The average Bonchev–Trinajstić information content (AvgIpc) is 3.26. The minimum Gasteiger partial charge on any atom is -0.327 e. The molecule has 0 amide bonds. The minimum atomic E-state index is -0.0826. The number of quaternary nitrogens is 1. The number of hydrogen-bond donors (Lipinski definition) is 2. The summed E-state index contributed by atoms with van der Waals surface area (Å²) >= 11 is 1.76. The summed E-state index contributed by atoms with van der Waals surface area (Å²) in [4.78, 5) is 21.4. The predicted molar refractivity (Wildman–Crippen MR) is 115 cm³/mol. The number of hydrogen-bond acceptors (Lipinski definition) is 3. The molecule has 0 radical (unpaired) electrons. The first kappa shape index (κ1) is 18.6. The number of H-pyrrole nitrogens is 1. The van der Waals surface area contributed by atoms with Crippen molar-refractivity contribution in [3.8, 4) is 0 Å². The summed E-state index contributed by atoms with van der Waals surface area (Å²) in [5.41, 5.74) is 3.25. The smallest absolute Gasteiger partial charge is 0.258 e. The molecule has 0 aliphatic heterocycles. The van der Waals surface area contributed by atoms with Crippen LogP contribution in [0.2, 0.25) is 0 Å². The number of aromatic nitrogens is 2. The van der Waals surface area contributed by atoms with Crippen molar-refractivity contribution in [1.82, 2.24) is 9.97 Å². The quantitative estimate of drug-likeness (QED) is 0.523. The zero-order chi connectivity index (χ0) is 19.5. The Morgan fingerprint density at radius 2 is 1.86 bits per heavy atom. The van der Waals surface area contributed by atoms with Gasteiger partial charge in [-0.2, -0.15) is 0 Å². The molecule has 2 aromatic carbocycles. The van der Waals surface area contributed by atoms with Gasteiger partial charge in [0.1, 0.15) is 12.1 Å². The van der Waals surface area contributed by atoms with Gasteiger partial charge in [0, 0.05) is 5.56 Å². The highest BCUT2D eigenvalue weighted by Crippen LogP contribution is 2.24. The number of rotatable bonds is 6. The van der Waals surface area contributed by atoms with Gasteiger partial charge in [-0.1, -0.05) is 49.4 Å². The third-order valence-corrected chi connectivity index (χ3v) is 6.10. The lowest BCUT2D eigenvalue weighted by Crippen LogP contribution is -2.86. The van der Waals surface area contributed by atoms with Crippen molar-refractivity contribution in [2.75, 3.05) is 0 Å². The molecule has 2 atom stereocenters. The molecule has 2 heterocycles. The Morgan fingerprint density at radius 1 is 1.07 bits per heavy atom. The average molecular weight is 391 g/mol. The molecular weight excluding hydrogens is 366 g/mol. The van der Waals surface area contributed by atoms with Gasteiger partial charge >= 0.3 is 0 Å². The van der Waals surface area contributed by atoms with Gasteiger partial charge in [0.15, 0.2) is 5.82 Å². The predicted octanol–water partition coefficient (Wildman–Crippen LogP) is 3.96. The second-order valence-electron chi connectivity index (χ2n) is 7.04. The number of benzene rings is 2. The molecule has 4 nitrogen and oxygen atoms in total. The van der Waals surface area contributed by atoms with Crippen LogP contribution in [-0.2, 0) is 6.42 Å². The fourth-order valence-corrected chi connectivity index (χ4v) is 4.33. The number of aromatic amines is 1. The molecule has 0 aliphatic carbocycles. The van der Waals surface area contributed by atoms with E-state index >= 15 is 0 Å². The van der Waals surface area contributed by atoms with Crippen LogP contribution in [0.1, 0.15) is 47.8 Å². The Bertz CT molecular complexity index is 1120. The van der Waals surface area contributed by atoms with Crippen molar-refractivity contribution in [3.63, 3.8) is 0 Å². The van der Waals surface area contributed by atoms with E-state index in [1.165, 1.54) is 16.0 Å². The maximum Gasteiger partial charge on any atom is 0.258 e. The molecule has 0 aliphatic rings. The van der Waals surface area contributed by atoms with E-state index in [9.17, 15) is 4.79 Å². The van der Waals surface area contributed by atoms with E-state index in [4.69, 9.17) is 4.98 Å². The number of nitrogens with one attached hydrogen (secondary N) is 1. The van der Waals surface area contributed by atoms with Crippen molar-refractivity contribution >= 4 is 22.2 Å². The molecule has 142 valence electrons. The molecule has 5 heteroatoms. The largest absolute Gasteiger partial charge is 0.327 e. The second-order valence-corrected chi connectivity index (χ2v) is 8.02. The van der Waals surface area contributed by atoms with Crippen LogP contribution >= 0.6 is 11.3 Å². The molecule has 28 heavy (non-hydrogen) atoms. The van der Waals surface area contributed by atoms with Crippen molar-refractivity contribution in [1.29, 1.82) is 0 Å². The monoisotopic (exact) mass is 390 g/mol. The topological polar surface area (TPSA) is 62.4 Å². The Balaban J connectivity index is 1.67. The highest BCUT2D eigenvalue weighted by molar-refractivity contribution is 7.10. The SMILES string of the molecule is CCc1ccc([C@H]([NH2+][C@@H](C)c2nc3ccccc3c(=O)[nH]2)c2cccs2)cc1. The van der Waals surface area contributed by atoms with Gasteiger partial charge in [-0.25, -0.2) is 4.98 Å². The van der Waals surface area contributed by atoms with Crippen molar-refractivity contribution in [2.45, 2.75) is 32.4 Å². The lowest BCUT2D eigenvalue weighted by molar-refractivity contribution is -0.723. The summed E-state index contributed by atoms with van der Waals surface area (Å²) < 4.78 is 0. The lowest BCUT2D eigenvalue weighted by atomic mass is 10.0. The standard InChI is InChI=1S/C23H23N3OS/c1-3-16-10-12-17(13-11-16)21(20-9-6-14-28-20)24-15(2)22-25-19-8-5-4-7-18(19)23(27)26-22/h4-15,21,24H,3H2,1-2H3,(H,25,26,27)/p+1/t15-,21-/m0/s1. The Labute approximate surface area is 168 Å².